The van der Waals surface area contributed by atoms with Crippen molar-refractivity contribution in [2.75, 3.05) is 31.6 Å². The molecule has 0 bridgehead atoms. The van der Waals surface area contributed by atoms with E-state index in [2.05, 4.69) is 35.6 Å². The molecule has 3 heterocycles. The number of likely N-dealkylation sites (N-methyl/N-ethyl adjacent to an activating group) is 1. The number of rotatable bonds is 7. The second-order valence-electron chi connectivity index (χ2n) is 11.3. The molecule has 34 heavy (non-hydrogen) atoms. The average molecular weight is 486 g/mol. The van der Waals surface area contributed by atoms with Crippen LogP contribution in [0.15, 0.2) is 18.5 Å². The summed E-state index contributed by atoms with van der Waals surface area (Å²) in [4.78, 5) is 21.2. The van der Waals surface area contributed by atoms with Gasteiger partial charge in [-0.15, -0.1) is 0 Å². The molecule has 0 aromatic carbocycles. The van der Waals surface area contributed by atoms with E-state index in [-0.39, 0.29) is 12.1 Å². The van der Waals surface area contributed by atoms with E-state index >= 15 is 0 Å². The van der Waals surface area contributed by atoms with Crippen molar-refractivity contribution in [2.24, 2.45) is 0 Å². The highest BCUT2D eigenvalue weighted by Gasteiger charge is 2.30. The lowest BCUT2D eigenvalue weighted by molar-refractivity contribution is 0.0210. The van der Waals surface area contributed by atoms with E-state index in [0.717, 1.165) is 42.2 Å². The maximum absolute atomic E-state index is 12.6. The van der Waals surface area contributed by atoms with Crippen LogP contribution in [0.4, 0.5) is 10.5 Å². The van der Waals surface area contributed by atoms with Gasteiger partial charge in [-0.25, -0.2) is 9.78 Å². The van der Waals surface area contributed by atoms with Gasteiger partial charge in [-0.2, -0.15) is 5.26 Å². The van der Waals surface area contributed by atoms with E-state index in [0.29, 0.717) is 25.4 Å². The van der Waals surface area contributed by atoms with Crippen LogP contribution in [0.5, 0.6) is 0 Å². The molecule has 2 aromatic heterocycles. The first-order chi connectivity index (χ1) is 15.9. The van der Waals surface area contributed by atoms with Gasteiger partial charge in [-0.3, -0.25) is 0 Å². The number of hydrogen-bond acceptors (Lipinski definition) is 6. The normalized spacial score (nSPS) is 17.0. The lowest BCUT2D eigenvalue weighted by Gasteiger charge is -2.39. The predicted octanol–water partition coefficient (Wildman–Crippen LogP) is 5.06. The molecular weight excluding hydrogens is 446 g/mol. The number of carbonyl (C=O) groups is 1. The van der Waals surface area contributed by atoms with E-state index < -0.39 is 13.7 Å². The van der Waals surface area contributed by atoms with Crippen molar-refractivity contribution >= 4 is 30.9 Å². The maximum atomic E-state index is 12.6. The molecule has 0 saturated carbocycles. The molecule has 1 amide bonds. The van der Waals surface area contributed by atoms with Gasteiger partial charge in [0, 0.05) is 47.2 Å². The Morgan fingerprint density at radius 3 is 2.74 bits per heavy atom. The van der Waals surface area contributed by atoms with E-state index in [1.807, 2.05) is 37.6 Å². The number of piperidine rings is 1. The number of pyridine rings is 1. The third kappa shape index (κ3) is 6.51. The fourth-order valence-corrected chi connectivity index (χ4v) is 4.92. The number of anilines is 1. The Morgan fingerprint density at radius 1 is 1.35 bits per heavy atom. The molecule has 9 heteroatoms. The Labute approximate surface area is 204 Å². The fourth-order valence-electron chi connectivity index (χ4n) is 4.16. The van der Waals surface area contributed by atoms with Gasteiger partial charge in [0.25, 0.3) is 0 Å². The van der Waals surface area contributed by atoms with E-state index in [1.54, 1.807) is 18.1 Å². The monoisotopic (exact) mass is 485 g/mol. The van der Waals surface area contributed by atoms with Crippen LogP contribution in [0.25, 0.3) is 11.0 Å². The van der Waals surface area contributed by atoms with Crippen molar-refractivity contribution < 1.29 is 14.3 Å². The fraction of sp³-hybridized carbons (Fsp3) is 0.640. The zero-order valence-electron chi connectivity index (χ0n) is 21.7. The largest absolute Gasteiger partial charge is 0.444 e. The Balaban J connectivity index is 1.80. The van der Waals surface area contributed by atoms with Gasteiger partial charge in [0.15, 0.2) is 0 Å². The first kappa shape index (κ1) is 26.0. The summed E-state index contributed by atoms with van der Waals surface area (Å²) < 4.78 is 13.4. The molecule has 1 aliphatic rings. The smallest absolute Gasteiger partial charge is 0.410 e. The lowest BCUT2D eigenvalue weighted by Crippen LogP contribution is -2.49. The van der Waals surface area contributed by atoms with E-state index in [4.69, 9.17) is 9.47 Å². The van der Waals surface area contributed by atoms with E-state index in [1.165, 1.54) is 0 Å². The standard InChI is InChI=1S/C25H39N5O3Si/c1-25(2,3)33-24(31)28(4)20-9-8-12-29(17-20)21-10-11-27-23-22(21)19(15-26)16-30(23)18-32-13-14-34(5,6)7/h10-11,16,20H,8-9,12-14,17-18H2,1-7H3/t20-/m0/s1. The second-order valence-corrected chi connectivity index (χ2v) is 17.0. The molecule has 0 N–H and O–H groups in total. The number of ether oxygens (including phenoxy) is 2. The van der Waals surface area contributed by atoms with Gasteiger partial charge in [0.1, 0.15) is 24.0 Å². The summed E-state index contributed by atoms with van der Waals surface area (Å²) in [6.07, 6.45) is 5.18. The molecule has 0 aliphatic carbocycles. The topological polar surface area (TPSA) is 83.6 Å². The molecule has 0 unspecified atom stereocenters. The van der Waals surface area contributed by atoms with Crippen LogP contribution >= 0.6 is 0 Å². The Bertz CT molecular complexity index is 1050. The van der Waals surface area contributed by atoms with Crippen molar-refractivity contribution in [3.05, 3.63) is 24.0 Å². The van der Waals surface area contributed by atoms with Crippen LogP contribution in [0.1, 0.15) is 39.2 Å². The summed E-state index contributed by atoms with van der Waals surface area (Å²) in [6, 6.07) is 5.43. The molecule has 1 fully saturated rings. The number of hydrogen-bond donors (Lipinski definition) is 0. The summed E-state index contributed by atoms with van der Waals surface area (Å²) in [6.45, 7) is 15.2. The molecule has 8 nitrogen and oxygen atoms in total. The van der Waals surface area contributed by atoms with E-state index in [9.17, 15) is 10.1 Å². The molecule has 2 aromatic rings. The van der Waals surface area contributed by atoms with Gasteiger partial charge in [-0.05, 0) is 45.7 Å². The van der Waals surface area contributed by atoms with Crippen LogP contribution in [-0.2, 0) is 16.2 Å². The van der Waals surface area contributed by atoms with Gasteiger partial charge in [0.2, 0.25) is 0 Å². The lowest BCUT2D eigenvalue weighted by atomic mass is 10.0. The van der Waals surface area contributed by atoms with Crippen LogP contribution in [0, 0.1) is 11.3 Å². The van der Waals surface area contributed by atoms with Gasteiger partial charge in [0.05, 0.1) is 22.7 Å². The van der Waals surface area contributed by atoms with Crippen molar-refractivity contribution in [1.29, 1.82) is 5.26 Å². The van der Waals surface area contributed by atoms with Crippen molar-refractivity contribution in [3.8, 4) is 6.07 Å². The third-order valence-corrected chi connectivity index (χ3v) is 7.75. The van der Waals surface area contributed by atoms with Crippen LogP contribution in [-0.4, -0.2) is 67.0 Å². The summed E-state index contributed by atoms with van der Waals surface area (Å²) >= 11 is 0. The highest BCUT2D eigenvalue weighted by molar-refractivity contribution is 6.76. The minimum Gasteiger partial charge on any atom is -0.444 e. The van der Waals surface area contributed by atoms with Crippen LogP contribution < -0.4 is 4.90 Å². The van der Waals surface area contributed by atoms with Gasteiger partial charge in [-0.1, -0.05) is 19.6 Å². The number of nitriles is 1. The minimum atomic E-state index is -1.17. The summed E-state index contributed by atoms with van der Waals surface area (Å²) in [7, 11) is 0.639. The Kier molecular flexibility index (Phi) is 7.94. The third-order valence-electron chi connectivity index (χ3n) is 6.05. The van der Waals surface area contributed by atoms with Crippen LogP contribution in [0.3, 0.4) is 0 Å². The Hall–Kier alpha value is -2.57. The van der Waals surface area contributed by atoms with Gasteiger partial charge >= 0.3 is 6.09 Å². The second kappa shape index (κ2) is 10.4. The SMILES string of the molecule is CN(C(=O)OC(C)(C)C)[C@H]1CCCN(c2ccnc3c2c(C#N)cn3COCC[Si](C)(C)C)C1. The van der Waals surface area contributed by atoms with Crippen molar-refractivity contribution in [2.45, 2.75) is 77.7 Å². The molecule has 1 atom stereocenters. The highest BCUT2D eigenvalue weighted by atomic mass is 28.3. The quantitative estimate of drug-likeness (QED) is 0.403. The molecule has 3 rings (SSSR count). The molecular formula is C25H39N5O3Si. The van der Waals surface area contributed by atoms with Crippen molar-refractivity contribution in [1.82, 2.24) is 14.5 Å². The maximum Gasteiger partial charge on any atom is 0.410 e. The number of aromatic nitrogens is 2. The Morgan fingerprint density at radius 2 is 2.09 bits per heavy atom. The average Bonchev–Trinajstić information content (AvgIpc) is 3.12. The summed E-state index contributed by atoms with van der Waals surface area (Å²) in [5.41, 5.74) is 1.79. The van der Waals surface area contributed by atoms with Crippen molar-refractivity contribution in [3.63, 3.8) is 0 Å². The summed E-state index contributed by atoms with van der Waals surface area (Å²) in [5.74, 6) is 0. The molecule has 186 valence electrons. The molecule has 0 radical (unpaired) electrons. The molecule has 1 aliphatic heterocycles. The minimum absolute atomic E-state index is 0.0318. The first-order valence-corrected chi connectivity index (χ1v) is 15.8. The predicted molar refractivity (Wildman–Crippen MR) is 138 cm³/mol. The highest BCUT2D eigenvalue weighted by Crippen LogP contribution is 2.32. The molecule has 0 spiro atoms. The van der Waals surface area contributed by atoms with Gasteiger partial charge < -0.3 is 23.8 Å². The number of carbonyl (C=O) groups excluding carboxylic acids is 1. The number of amides is 1. The zero-order chi connectivity index (χ0) is 25.1. The first-order valence-electron chi connectivity index (χ1n) is 12.1. The number of fused-ring (bicyclic) bond motifs is 1. The van der Waals surface area contributed by atoms with Crippen LogP contribution in [0.2, 0.25) is 25.7 Å². The zero-order valence-corrected chi connectivity index (χ0v) is 22.7. The number of nitrogens with zero attached hydrogens (tertiary/aromatic N) is 5. The summed E-state index contributed by atoms with van der Waals surface area (Å²) in [5, 5.41) is 10.7. The molecule has 1 saturated heterocycles.